The number of imide groups is 1. The van der Waals surface area contributed by atoms with Gasteiger partial charge in [-0.1, -0.05) is 46.3 Å². The summed E-state index contributed by atoms with van der Waals surface area (Å²) in [4.78, 5) is 41.1. The zero-order valence-corrected chi connectivity index (χ0v) is 20.7. The molecule has 3 heterocycles. The van der Waals surface area contributed by atoms with E-state index in [2.05, 4.69) is 32.6 Å². The molecule has 0 atom stereocenters. The van der Waals surface area contributed by atoms with Crippen LogP contribution in [0.1, 0.15) is 11.1 Å². The summed E-state index contributed by atoms with van der Waals surface area (Å²) < 4.78 is 8.43. The van der Waals surface area contributed by atoms with Gasteiger partial charge in [-0.05, 0) is 41.6 Å². The van der Waals surface area contributed by atoms with Gasteiger partial charge >= 0.3 is 0 Å². The highest BCUT2D eigenvalue weighted by Gasteiger charge is 2.37. The van der Waals surface area contributed by atoms with Crippen LogP contribution in [0.4, 0.5) is 4.79 Å². The van der Waals surface area contributed by atoms with E-state index in [0.29, 0.717) is 37.8 Å². The maximum absolute atomic E-state index is 13.0. The molecule has 0 spiro atoms. The molecular formula is C25H22BrN3O4S. The van der Waals surface area contributed by atoms with Crippen molar-refractivity contribution < 1.29 is 19.1 Å². The summed E-state index contributed by atoms with van der Waals surface area (Å²) in [6.45, 7) is 2.33. The smallest absolute Gasteiger partial charge is 0.294 e. The molecule has 0 N–H and O–H groups in total. The normalized spacial score (nSPS) is 17.9. The van der Waals surface area contributed by atoms with Gasteiger partial charge in [-0.3, -0.25) is 19.3 Å². The predicted octanol–water partition coefficient (Wildman–Crippen LogP) is 4.35. The Balaban J connectivity index is 1.39. The molecule has 5 rings (SSSR count). The van der Waals surface area contributed by atoms with Crippen LogP contribution in [0.3, 0.4) is 0 Å². The number of fused-ring (bicyclic) bond motifs is 1. The first-order valence-corrected chi connectivity index (χ1v) is 12.5. The monoisotopic (exact) mass is 539 g/mol. The summed E-state index contributed by atoms with van der Waals surface area (Å²) in [5, 5.41) is 0.576. The standard InChI is InChI=1S/C25H22BrN3O4S/c26-19-7-5-17(6-8-19)14-28-15-18(20-3-1-2-4-21(20)28)13-22-24(31)29(25(32)34-22)16-23(30)27-9-11-33-12-10-27/h1-8,13,15H,9-12,14,16H2/b22-13-. The van der Waals surface area contributed by atoms with Crippen molar-refractivity contribution in [3.05, 3.63) is 75.2 Å². The van der Waals surface area contributed by atoms with Gasteiger partial charge in [0.25, 0.3) is 11.1 Å². The number of ether oxygens (including phenoxy) is 1. The Bertz CT molecular complexity index is 1300. The van der Waals surface area contributed by atoms with E-state index in [1.165, 1.54) is 0 Å². The van der Waals surface area contributed by atoms with Crippen LogP contribution in [-0.2, 0) is 20.9 Å². The van der Waals surface area contributed by atoms with Crippen molar-refractivity contribution in [2.75, 3.05) is 32.8 Å². The third-order valence-electron chi connectivity index (χ3n) is 5.90. The number of amides is 3. The van der Waals surface area contributed by atoms with E-state index >= 15 is 0 Å². The lowest BCUT2D eigenvalue weighted by Gasteiger charge is -2.28. The van der Waals surface area contributed by atoms with Crippen LogP contribution in [0.2, 0.25) is 0 Å². The van der Waals surface area contributed by atoms with Crippen LogP contribution in [0.25, 0.3) is 17.0 Å². The van der Waals surface area contributed by atoms with E-state index in [1.54, 1.807) is 11.0 Å². The van der Waals surface area contributed by atoms with E-state index in [4.69, 9.17) is 4.74 Å². The summed E-state index contributed by atoms with van der Waals surface area (Å²) in [6, 6.07) is 16.1. The summed E-state index contributed by atoms with van der Waals surface area (Å²) in [5.41, 5.74) is 3.05. The number of aromatic nitrogens is 1. The number of morpholine rings is 1. The molecule has 174 valence electrons. The average molecular weight is 540 g/mol. The molecule has 0 aliphatic carbocycles. The number of nitrogens with zero attached hydrogens (tertiary/aromatic N) is 3. The molecule has 2 aliphatic heterocycles. The molecule has 2 aliphatic rings. The molecule has 34 heavy (non-hydrogen) atoms. The van der Waals surface area contributed by atoms with E-state index in [-0.39, 0.29) is 12.5 Å². The Labute approximate surface area is 209 Å². The first-order valence-electron chi connectivity index (χ1n) is 10.9. The first kappa shape index (κ1) is 22.9. The molecule has 0 radical (unpaired) electrons. The van der Waals surface area contributed by atoms with Crippen LogP contribution in [-0.4, -0.2) is 64.3 Å². The number of rotatable bonds is 5. The largest absolute Gasteiger partial charge is 0.378 e. The zero-order chi connectivity index (χ0) is 23.7. The first-order chi connectivity index (χ1) is 16.5. The van der Waals surface area contributed by atoms with Crippen molar-refractivity contribution in [1.29, 1.82) is 0 Å². The van der Waals surface area contributed by atoms with Crippen molar-refractivity contribution >= 4 is 61.7 Å². The Morgan fingerprint density at radius 3 is 2.56 bits per heavy atom. The van der Waals surface area contributed by atoms with Gasteiger partial charge in [0.1, 0.15) is 6.54 Å². The van der Waals surface area contributed by atoms with Gasteiger partial charge in [0.2, 0.25) is 5.91 Å². The molecule has 2 fully saturated rings. The van der Waals surface area contributed by atoms with Gasteiger partial charge in [-0.25, -0.2) is 0 Å². The van der Waals surface area contributed by atoms with Crippen LogP contribution in [0.5, 0.6) is 0 Å². The lowest BCUT2D eigenvalue weighted by molar-refractivity contribution is -0.139. The Morgan fingerprint density at radius 2 is 1.79 bits per heavy atom. The second-order valence-corrected chi connectivity index (χ2v) is 10.0. The number of hydrogen-bond acceptors (Lipinski definition) is 5. The van der Waals surface area contributed by atoms with E-state index < -0.39 is 11.1 Å². The summed E-state index contributed by atoms with van der Waals surface area (Å²) in [7, 11) is 0. The number of hydrogen-bond donors (Lipinski definition) is 0. The highest BCUT2D eigenvalue weighted by Crippen LogP contribution is 2.34. The van der Waals surface area contributed by atoms with Gasteiger partial charge in [0, 0.05) is 46.8 Å². The highest BCUT2D eigenvalue weighted by atomic mass is 79.9. The molecule has 3 aromatic rings. The number of carbonyl (C=O) groups excluding carboxylic acids is 3. The Morgan fingerprint density at radius 1 is 1.06 bits per heavy atom. The minimum absolute atomic E-state index is 0.238. The maximum Gasteiger partial charge on any atom is 0.294 e. The lowest BCUT2D eigenvalue weighted by atomic mass is 10.1. The molecule has 0 unspecified atom stereocenters. The van der Waals surface area contributed by atoms with Crippen LogP contribution in [0.15, 0.2) is 64.1 Å². The Hall–Kier alpha value is -2.88. The fourth-order valence-corrected chi connectivity index (χ4v) is 5.23. The van der Waals surface area contributed by atoms with E-state index in [0.717, 1.165) is 43.2 Å². The number of para-hydroxylation sites is 1. The van der Waals surface area contributed by atoms with Crippen LogP contribution >= 0.6 is 27.7 Å². The van der Waals surface area contributed by atoms with Gasteiger partial charge < -0.3 is 14.2 Å². The van der Waals surface area contributed by atoms with E-state index in [1.807, 2.05) is 42.6 Å². The number of benzene rings is 2. The topological polar surface area (TPSA) is 71.9 Å². The third-order valence-corrected chi connectivity index (χ3v) is 7.34. The molecular weight excluding hydrogens is 518 g/mol. The van der Waals surface area contributed by atoms with Crippen molar-refractivity contribution in [3.8, 4) is 0 Å². The van der Waals surface area contributed by atoms with Crippen molar-refractivity contribution in [1.82, 2.24) is 14.4 Å². The fourth-order valence-electron chi connectivity index (χ4n) is 4.13. The third kappa shape index (κ3) is 4.68. The molecule has 2 aromatic carbocycles. The second kappa shape index (κ2) is 9.77. The second-order valence-electron chi connectivity index (χ2n) is 8.12. The molecule has 9 heteroatoms. The molecule has 2 saturated heterocycles. The molecule has 3 amide bonds. The Kier molecular flexibility index (Phi) is 6.58. The summed E-state index contributed by atoms with van der Waals surface area (Å²) in [5.74, 6) is -0.667. The number of thioether (sulfide) groups is 1. The van der Waals surface area contributed by atoms with Crippen LogP contribution < -0.4 is 0 Å². The molecule has 0 saturated carbocycles. The van der Waals surface area contributed by atoms with Crippen LogP contribution in [0, 0.1) is 0 Å². The minimum atomic E-state index is -0.429. The SMILES string of the molecule is O=C(CN1C(=O)S/C(=C\c2cn(Cc3ccc(Br)cc3)c3ccccc23)C1=O)N1CCOCC1. The summed E-state index contributed by atoms with van der Waals surface area (Å²) in [6.07, 6.45) is 3.75. The molecule has 0 bridgehead atoms. The van der Waals surface area contributed by atoms with Gasteiger partial charge in [0.05, 0.1) is 18.1 Å². The van der Waals surface area contributed by atoms with Gasteiger partial charge in [0.15, 0.2) is 0 Å². The number of carbonyl (C=O) groups is 3. The molecule has 1 aromatic heterocycles. The average Bonchev–Trinajstić information content (AvgIpc) is 3.33. The predicted molar refractivity (Wildman–Crippen MR) is 135 cm³/mol. The number of halogens is 1. The highest BCUT2D eigenvalue weighted by molar-refractivity contribution is 9.10. The summed E-state index contributed by atoms with van der Waals surface area (Å²) >= 11 is 4.34. The molecule has 7 nitrogen and oxygen atoms in total. The quantitative estimate of drug-likeness (QED) is 0.451. The fraction of sp³-hybridized carbons (Fsp3) is 0.240. The van der Waals surface area contributed by atoms with E-state index in [9.17, 15) is 14.4 Å². The van der Waals surface area contributed by atoms with Gasteiger partial charge in [-0.15, -0.1) is 0 Å². The van der Waals surface area contributed by atoms with Crippen molar-refractivity contribution in [3.63, 3.8) is 0 Å². The zero-order valence-electron chi connectivity index (χ0n) is 18.3. The minimum Gasteiger partial charge on any atom is -0.378 e. The maximum atomic E-state index is 13.0. The van der Waals surface area contributed by atoms with Gasteiger partial charge in [-0.2, -0.15) is 0 Å². The van der Waals surface area contributed by atoms with Crippen molar-refractivity contribution in [2.24, 2.45) is 0 Å². The van der Waals surface area contributed by atoms with Crippen molar-refractivity contribution in [2.45, 2.75) is 6.54 Å². The lowest BCUT2D eigenvalue weighted by Crippen LogP contribution is -2.46.